The minimum Gasteiger partial charge on any atom is -0.260 e. The molecule has 1 atom stereocenters. The van der Waals surface area contributed by atoms with Crippen molar-refractivity contribution >= 4 is 0 Å². The Balaban J connectivity index is 2.08. The number of benzene rings is 1. The lowest BCUT2D eigenvalue weighted by Crippen LogP contribution is -2.29. The van der Waals surface area contributed by atoms with Crippen LogP contribution < -0.4 is 0 Å². The van der Waals surface area contributed by atoms with Gasteiger partial charge in [-0.2, -0.15) is 0 Å². The fourth-order valence-electron chi connectivity index (χ4n) is 2.03. The molecule has 1 fully saturated rings. The lowest BCUT2D eigenvalue weighted by molar-refractivity contribution is 0.213. The number of hydrogen-bond donors (Lipinski definition) is 0. The zero-order chi connectivity index (χ0) is 9.80. The lowest BCUT2D eigenvalue weighted by Gasteiger charge is -2.28. The zero-order valence-corrected chi connectivity index (χ0v) is 8.10. The summed E-state index contributed by atoms with van der Waals surface area (Å²) < 4.78 is 0. The highest BCUT2D eigenvalue weighted by Gasteiger charge is 2.20. The Labute approximate surface area is 83.7 Å². The molecule has 14 heavy (non-hydrogen) atoms. The molecule has 1 aliphatic heterocycles. The van der Waals surface area contributed by atoms with Gasteiger partial charge in [0.05, 0.1) is 5.29 Å². The van der Waals surface area contributed by atoms with Gasteiger partial charge in [0, 0.05) is 19.0 Å². The van der Waals surface area contributed by atoms with Crippen molar-refractivity contribution in [1.82, 2.24) is 5.01 Å². The van der Waals surface area contributed by atoms with Crippen LogP contribution in [0, 0.1) is 4.91 Å². The van der Waals surface area contributed by atoms with E-state index in [-0.39, 0.29) is 0 Å². The second-order valence-corrected chi connectivity index (χ2v) is 3.74. The van der Waals surface area contributed by atoms with Gasteiger partial charge in [-0.25, -0.2) is 0 Å². The molecule has 1 aromatic carbocycles. The average Bonchev–Trinajstić information content (AvgIpc) is 2.30. The van der Waals surface area contributed by atoms with Crippen LogP contribution in [0.2, 0.25) is 0 Å². The Morgan fingerprint density at radius 3 is 2.79 bits per heavy atom. The van der Waals surface area contributed by atoms with Crippen LogP contribution in [0.4, 0.5) is 0 Å². The van der Waals surface area contributed by atoms with Gasteiger partial charge in [0.25, 0.3) is 0 Å². The normalized spacial score (nSPS) is 22.0. The van der Waals surface area contributed by atoms with Gasteiger partial charge in [-0.05, 0) is 18.4 Å². The second-order valence-electron chi connectivity index (χ2n) is 3.74. The molecule has 0 spiro atoms. The third-order valence-corrected chi connectivity index (χ3v) is 2.79. The van der Waals surface area contributed by atoms with Gasteiger partial charge >= 0.3 is 0 Å². The molecule has 0 N–H and O–H groups in total. The molecule has 0 radical (unpaired) electrons. The summed E-state index contributed by atoms with van der Waals surface area (Å²) in [6, 6.07) is 10.4. The quantitative estimate of drug-likeness (QED) is 0.671. The minimum atomic E-state index is 0.475. The Hall–Kier alpha value is -1.38. The average molecular weight is 190 g/mol. The molecule has 3 nitrogen and oxygen atoms in total. The largest absolute Gasteiger partial charge is 0.260 e. The zero-order valence-electron chi connectivity index (χ0n) is 8.10. The molecular weight excluding hydrogens is 176 g/mol. The van der Waals surface area contributed by atoms with Crippen LogP contribution in [-0.4, -0.2) is 18.1 Å². The molecule has 0 aromatic heterocycles. The monoisotopic (exact) mass is 190 g/mol. The fraction of sp³-hybridized carbons (Fsp3) is 0.455. The highest BCUT2D eigenvalue weighted by molar-refractivity contribution is 5.20. The summed E-state index contributed by atoms with van der Waals surface area (Å²) >= 11 is 0. The van der Waals surface area contributed by atoms with Gasteiger partial charge < -0.3 is 0 Å². The predicted molar refractivity (Wildman–Crippen MR) is 55.8 cm³/mol. The number of rotatable bonds is 2. The van der Waals surface area contributed by atoms with Gasteiger partial charge in [-0.15, -0.1) is 4.91 Å². The predicted octanol–water partition coefficient (Wildman–Crippen LogP) is 2.55. The summed E-state index contributed by atoms with van der Waals surface area (Å²) in [6.07, 6.45) is 2.22. The van der Waals surface area contributed by atoms with Gasteiger partial charge in [0.1, 0.15) is 0 Å². The first-order chi connectivity index (χ1) is 6.90. The van der Waals surface area contributed by atoms with Gasteiger partial charge in [0.2, 0.25) is 0 Å². The van der Waals surface area contributed by atoms with E-state index in [1.54, 1.807) is 5.01 Å². The van der Waals surface area contributed by atoms with Gasteiger partial charge in [-0.3, -0.25) is 5.01 Å². The van der Waals surface area contributed by atoms with Crippen molar-refractivity contribution in [2.24, 2.45) is 5.29 Å². The van der Waals surface area contributed by atoms with E-state index in [4.69, 9.17) is 0 Å². The van der Waals surface area contributed by atoms with Crippen LogP contribution in [0.5, 0.6) is 0 Å². The summed E-state index contributed by atoms with van der Waals surface area (Å²) in [5, 5.41) is 4.63. The molecule has 0 amide bonds. The Morgan fingerprint density at radius 1 is 1.29 bits per heavy atom. The lowest BCUT2D eigenvalue weighted by atomic mass is 9.91. The van der Waals surface area contributed by atoms with Crippen LogP contribution in [0.3, 0.4) is 0 Å². The van der Waals surface area contributed by atoms with Crippen molar-refractivity contribution in [3.8, 4) is 0 Å². The Kier molecular flexibility index (Phi) is 2.77. The second kappa shape index (κ2) is 4.22. The highest BCUT2D eigenvalue weighted by Crippen LogP contribution is 2.26. The standard InChI is InChI=1S/C11H14N2O/c14-12-13-8-4-7-11(9-13)10-5-2-1-3-6-10/h1-3,5-6,11H,4,7-9H2/t11-/m0/s1. The molecule has 3 heteroatoms. The maximum Gasteiger partial charge on any atom is 0.0524 e. The first-order valence-corrected chi connectivity index (χ1v) is 5.03. The topological polar surface area (TPSA) is 32.7 Å². The van der Waals surface area contributed by atoms with E-state index in [0.29, 0.717) is 5.92 Å². The van der Waals surface area contributed by atoms with Crippen molar-refractivity contribution in [3.05, 3.63) is 40.8 Å². The third-order valence-electron chi connectivity index (χ3n) is 2.79. The number of nitrogens with zero attached hydrogens (tertiary/aromatic N) is 2. The Morgan fingerprint density at radius 2 is 2.07 bits per heavy atom. The summed E-state index contributed by atoms with van der Waals surface area (Å²) in [7, 11) is 0. The van der Waals surface area contributed by atoms with E-state index in [0.717, 1.165) is 25.9 Å². The van der Waals surface area contributed by atoms with Crippen LogP contribution >= 0.6 is 0 Å². The highest BCUT2D eigenvalue weighted by atomic mass is 16.3. The van der Waals surface area contributed by atoms with E-state index in [2.05, 4.69) is 17.4 Å². The van der Waals surface area contributed by atoms with Gasteiger partial charge in [-0.1, -0.05) is 30.3 Å². The molecule has 0 aliphatic carbocycles. The molecule has 74 valence electrons. The van der Waals surface area contributed by atoms with Crippen LogP contribution in [-0.2, 0) is 0 Å². The number of hydrogen-bond acceptors (Lipinski definition) is 2. The Bertz CT molecular complexity index is 299. The van der Waals surface area contributed by atoms with Crippen molar-refractivity contribution in [2.75, 3.05) is 13.1 Å². The van der Waals surface area contributed by atoms with E-state index >= 15 is 0 Å². The fourth-order valence-corrected chi connectivity index (χ4v) is 2.03. The molecule has 1 aliphatic rings. The molecule has 2 rings (SSSR count). The summed E-state index contributed by atoms with van der Waals surface area (Å²) in [6.45, 7) is 1.58. The number of nitroso groups, excluding NO2 is 1. The molecule has 0 saturated carbocycles. The van der Waals surface area contributed by atoms with Crippen molar-refractivity contribution in [2.45, 2.75) is 18.8 Å². The minimum absolute atomic E-state index is 0.475. The molecule has 1 aromatic rings. The smallest absolute Gasteiger partial charge is 0.0524 e. The van der Waals surface area contributed by atoms with E-state index in [9.17, 15) is 4.91 Å². The first kappa shape index (κ1) is 9.19. The molecule has 1 heterocycles. The molecule has 0 unspecified atom stereocenters. The number of piperidine rings is 1. The van der Waals surface area contributed by atoms with E-state index in [1.165, 1.54) is 5.56 Å². The van der Waals surface area contributed by atoms with Crippen LogP contribution in [0.15, 0.2) is 35.6 Å². The summed E-state index contributed by atoms with van der Waals surface area (Å²) in [5.41, 5.74) is 1.32. The van der Waals surface area contributed by atoms with Crippen LogP contribution in [0.25, 0.3) is 0 Å². The summed E-state index contributed by atoms with van der Waals surface area (Å²) in [4.78, 5) is 10.4. The van der Waals surface area contributed by atoms with Crippen LogP contribution in [0.1, 0.15) is 24.3 Å². The maximum absolute atomic E-state index is 10.4. The van der Waals surface area contributed by atoms with Crippen molar-refractivity contribution < 1.29 is 0 Å². The summed E-state index contributed by atoms with van der Waals surface area (Å²) in [5.74, 6) is 0.475. The van der Waals surface area contributed by atoms with Crippen molar-refractivity contribution in [3.63, 3.8) is 0 Å². The van der Waals surface area contributed by atoms with Gasteiger partial charge in [0.15, 0.2) is 0 Å². The molecule has 0 bridgehead atoms. The van der Waals surface area contributed by atoms with Crippen molar-refractivity contribution in [1.29, 1.82) is 0 Å². The van der Waals surface area contributed by atoms with E-state index < -0.39 is 0 Å². The SMILES string of the molecule is O=NN1CCC[C@H](c2ccccc2)C1. The van der Waals surface area contributed by atoms with E-state index in [1.807, 2.05) is 18.2 Å². The first-order valence-electron chi connectivity index (χ1n) is 5.03. The molecular formula is C11H14N2O. The molecule has 1 saturated heterocycles. The maximum atomic E-state index is 10.4. The third kappa shape index (κ3) is 1.92.